The average molecular weight is 260 g/mol. The van der Waals surface area contributed by atoms with Crippen LogP contribution in [-0.2, 0) is 0 Å². The molecule has 2 rings (SSSR count). The SMILES string of the molecule is CC1CCC(C)N(C(=O)c2nnc(Cl)s2)C1. The maximum Gasteiger partial charge on any atom is 0.285 e. The van der Waals surface area contributed by atoms with Gasteiger partial charge in [0.2, 0.25) is 9.47 Å². The molecule has 2 unspecified atom stereocenters. The molecule has 0 aromatic carbocycles. The van der Waals surface area contributed by atoms with Crippen LogP contribution < -0.4 is 0 Å². The van der Waals surface area contributed by atoms with E-state index in [2.05, 4.69) is 24.0 Å². The van der Waals surface area contributed by atoms with Gasteiger partial charge in [0, 0.05) is 12.6 Å². The molecule has 1 aromatic rings. The van der Waals surface area contributed by atoms with Crippen LogP contribution in [0.15, 0.2) is 0 Å². The van der Waals surface area contributed by atoms with Crippen LogP contribution in [0.5, 0.6) is 0 Å². The lowest BCUT2D eigenvalue weighted by Gasteiger charge is -2.36. The van der Waals surface area contributed by atoms with Gasteiger partial charge in [0.1, 0.15) is 0 Å². The fourth-order valence-corrected chi connectivity index (χ4v) is 2.77. The van der Waals surface area contributed by atoms with E-state index in [-0.39, 0.29) is 11.9 Å². The normalized spacial score (nSPS) is 25.8. The van der Waals surface area contributed by atoms with Crippen LogP contribution in [0.25, 0.3) is 0 Å². The summed E-state index contributed by atoms with van der Waals surface area (Å²) < 4.78 is 0.320. The third kappa shape index (κ3) is 2.35. The van der Waals surface area contributed by atoms with E-state index in [1.54, 1.807) is 0 Å². The zero-order valence-electron chi connectivity index (χ0n) is 9.31. The molecule has 1 aliphatic heterocycles. The molecule has 0 saturated carbocycles. The Morgan fingerprint density at radius 1 is 1.44 bits per heavy atom. The first kappa shape index (κ1) is 11.8. The largest absolute Gasteiger partial charge is 0.334 e. The number of rotatable bonds is 1. The lowest BCUT2D eigenvalue weighted by atomic mass is 9.95. The summed E-state index contributed by atoms with van der Waals surface area (Å²) in [5.74, 6) is 0.520. The molecule has 1 fully saturated rings. The van der Waals surface area contributed by atoms with Crippen LogP contribution in [0.2, 0.25) is 4.47 Å². The molecule has 88 valence electrons. The number of hydrogen-bond donors (Lipinski definition) is 0. The van der Waals surface area contributed by atoms with Crippen molar-refractivity contribution in [2.45, 2.75) is 32.7 Å². The van der Waals surface area contributed by atoms with Crippen molar-refractivity contribution in [1.82, 2.24) is 15.1 Å². The van der Waals surface area contributed by atoms with Gasteiger partial charge < -0.3 is 4.90 Å². The van der Waals surface area contributed by atoms with E-state index in [0.29, 0.717) is 15.4 Å². The number of likely N-dealkylation sites (tertiary alicyclic amines) is 1. The maximum atomic E-state index is 12.1. The molecule has 1 saturated heterocycles. The van der Waals surface area contributed by atoms with Gasteiger partial charge in [0.15, 0.2) is 0 Å². The first-order valence-corrected chi connectivity index (χ1v) is 6.57. The fourth-order valence-electron chi connectivity index (χ4n) is 1.99. The number of amides is 1. The number of carbonyl (C=O) groups is 1. The van der Waals surface area contributed by atoms with Crippen molar-refractivity contribution in [2.24, 2.45) is 5.92 Å². The van der Waals surface area contributed by atoms with Crippen molar-refractivity contribution >= 4 is 28.8 Å². The van der Waals surface area contributed by atoms with E-state index < -0.39 is 0 Å². The molecule has 0 N–H and O–H groups in total. The van der Waals surface area contributed by atoms with Crippen molar-refractivity contribution in [3.05, 3.63) is 9.47 Å². The Morgan fingerprint density at radius 2 is 2.19 bits per heavy atom. The second-order valence-corrected chi connectivity index (χ2v) is 5.91. The van der Waals surface area contributed by atoms with Gasteiger partial charge in [-0.2, -0.15) is 0 Å². The van der Waals surface area contributed by atoms with Crippen molar-refractivity contribution in [3.8, 4) is 0 Å². The van der Waals surface area contributed by atoms with Crippen LogP contribution >= 0.6 is 22.9 Å². The molecule has 4 nitrogen and oxygen atoms in total. The average Bonchev–Trinajstić information content (AvgIpc) is 2.67. The number of hydrogen-bond acceptors (Lipinski definition) is 4. The summed E-state index contributed by atoms with van der Waals surface area (Å²) in [7, 11) is 0. The second-order valence-electron chi connectivity index (χ2n) is 4.35. The quantitative estimate of drug-likeness (QED) is 0.778. The molecule has 1 aliphatic rings. The Kier molecular flexibility index (Phi) is 3.44. The van der Waals surface area contributed by atoms with Crippen LogP contribution in [0.3, 0.4) is 0 Å². The molecule has 0 aliphatic carbocycles. The number of halogens is 1. The summed E-state index contributed by atoms with van der Waals surface area (Å²) in [4.78, 5) is 14.0. The third-order valence-electron chi connectivity index (χ3n) is 2.96. The molecular weight excluding hydrogens is 246 g/mol. The topological polar surface area (TPSA) is 46.1 Å². The minimum atomic E-state index is -0.0385. The molecule has 0 bridgehead atoms. The minimum Gasteiger partial charge on any atom is -0.334 e. The number of nitrogens with zero attached hydrogens (tertiary/aromatic N) is 3. The summed E-state index contributed by atoms with van der Waals surface area (Å²) in [6, 6.07) is 0.284. The zero-order chi connectivity index (χ0) is 11.7. The predicted molar refractivity (Wildman–Crippen MR) is 63.8 cm³/mol. The van der Waals surface area contributed by atoms with E-state index in [4.69, 9.17) is 11.6 Å². The second kappa shape index (κ2) is 4.67. The van der Waals surface area contributed by atoms with Crippen molar-refractivity contribution in [2.75, 3.05) is 6.54 Å². The molecule has 0 radical (unpaired) electrons. The Morgan fingerprint density at radius 3 is 2.81 bits per heavy atom. The highest BCUT2D eigenvalue weighted by Gasteiger charge is 2.29. The van der Waals surface area contributed by atoms with Gasteiger partial charge in [0.05, 0.1) is 0 Å². The zero-order valence-corrected chi connectivity index (χ0v) is 10.9. The first-order chi connectivity index (χ1) is 7.58. The fraction of sp³-hybridized carbons (Fsp3) is 0.700. The van der Waals surface area contributed by atoms with Crippen molar-refractivity contribution < 1.29 is 4.79 Å². The molecular formula is C10H14ClN3OS. The van der Waals surface area contributed by atoms with Gasteiger partial charge in [-0.3, -0.25) is 4.79 Å². The lowest BCUT2D eigenvalue weighted by molar-refractivity contribution is 0.0573. The summed E-state index contributed by atoms with van der Waals surface area (Å²) in [5.41, 5.74) is 0. The molecule has 6 heteroatoms. The Hall–Kier alpha value is -0.680. The van der Waals surface area contributed by atoms with E-state index in [0.717, 1.165) is 24.3 Å². The molecule has 2 heterocycles. The van der Waals surface area contributed by atoms with Gasteiger partial charge in [-0.15, -0.1) is 10.2 Å². The molecule has 1 amide bonds. The summed E-state index contributed by atoms with van der Waals surface area (Å²) in [6.45, 7) is 5.04. The summed E-state index contributed by atoms with van der Waals surface area (Å²) >= 11 is 6.83. The number of carbonyl (C=O) groups excluding carboxylic acids is 1. The summed E-state index contributed by atoms with van der Waals surface area (Å²) in [6.07, 6.45) is 2.24. The highest BCUT2D eigenvalue weighted by atomic mass is 35.5. The van der Waals surface area contributed by atoms with Crippen molar-refractivity contribution in [1.29, 1.82) is 0 Å². The van der Waals surface area contributed by atoms with Gasteiger partial charge >= 0.3 is 0 Å². The van der Waals surface area contributed by atoms with Crippen LogP contribution in [0.1, 0.15) is 36.5 Å². The highest BCUT2D eigenvalue weighted by Crippen LogP contribution is 2.24. The predicted octanol–water partition coefficient (Wildman–Crippen LogP) is 2.45. The lowest BCUT2D eigenvalue weighted by Crippen LogP contribution is -2.44. The maximum absolute atomic E-state index is 12.1. The molecule has 1 aromatic heterocycles. The van der Waals surface area contributed by atoms with E-state index in [1.165, 1.54) is 6.42 Å². The first-order valence-electron chi connectivity index (χ1n) is 5.38. The Bertz CT molecular complexity index is 395. The van der Waals surface area contributed by atoms with E-state index in [9.17, 15) is 4.79 Å². The standard InChI is InChI=1S/C10H14ClN3OS/c1-6-3-4-7(2)14(5-6)9(15)8-12-13-10(11)16-8/h6-7H,3-5H2,1-2H3. The summed E-state index contributed by atoms with van der Waals surface area (Å²) in [5, 5.41) is 7.85. The van der Waals surface area contributed by atoms with Gasteiger partial charge in [-0.25, -0.2) is 0 Å². The molecule has 16 heavy (non-hydrogen) atoms. The van der Waals surface area contributed by atoms with Crippen molar-refractivity contribution in [3.63, 3.8) is 0 Å². The van der Waals surface area contributed by atoms with Gasteiger partial charge in [-0.1, -0.05) is 18.3 Å². The molecule has 2 atom stereocenters. The Balaban J connectivity index is 2.14. The Labute approximate surface area is 104 Å². The van der Waals surface area contributed by atoms with Crippen LogP contribution in [-0.4, -0.2) is 33.6 Å². The number of aromatic nitrogens is 2. The smallest absolute Gasteiger partial charge is 0.285 e. The number of piperidine rings is 1. The van der Waals surface area contributed by atoms with Crippen LogP contribution in [0.4, 0.5) is 0 Å². The third-order valence-corrected chi connectivity index (χ3v) is 3.97. The highest BCUT2D eigenvalue weighted by molar-refractivity contribution is 7.17. The van der Waals surface area contributed by atoms with Crippen LogP contribution in [0, 0.1) is 5.92 Å². The molecule has 0 spiro atoms. The van der Waals surface area contributed by atoms with E-state index in [1.807, 2.05) is 4.90 Å². The van der Waals surface area contributed by atoms with Gasteiger partial charge in [0.25, 0.3) is 5.91 Å². The van der Waals surface area contributed by atoms with Gasteiger partial charge in [-0.05, 0) is 37.3 Å². The monoisotopic (exact) mass is 259 g/mol. The minimum absolute atomic E-state index is 0.0385. The van der Waals surface area contributed by atoms with E-state index >= 15 is 0 Å².